The van der Waals surface area contributed by atoms with E-state index in [9.17, 15) is 49.4 Å². The van der Waals surface area contributed by atoms with Crippen molar-refractivity contribution in [3.63, 3.8) is 0 Å². The van der Waals surface area contributed by atoms with Crippen molar-refractivity contribution in [2.24, 2.45) is 11.8 Å². The van der Waals surface area contributed by atoms with E-state index in [2.05, 4.69) is 0 Å². The van der Waals surface area contributed by atoms with Gasteiger partial charge in [-0.2, -0.15) is 39.5 Å². The van der Waals surface area contributed by atoms with Gasteiger partial charge in [0.2, 0.25) is 0 Å². The molecule has 1 heterocycles. The summed E-state index contributed by atoms with van der Waals surface area (Å²) in [4.78, 5) is 13.6. The number of benzene rings is 2. The molecule has 0 radical (unpaired) electrons. The molecule has 2 aromatic rings. The number of hydrogen-bond acceptors (Lipinski definition) is 2. The van der Waals surface area contributed by atoms with Crippen LogP contribution in [0.1, 0.15) is 79.8 Å². The van der Waals surface area contributed by atoms with E-state index in [1.165, 1.54) is 12.1 Å². The summed E-state index contributed by atoms with van der Waals surface area (Å²) in [5.74, 6) is -2.29. The summed E-state index contributed by atoms with van der Waals surface area (Å²) in [5, 5.41) is 9.79. The van der Waals surface area contributed by atoms with Crippen LogP contribution < -0.4 is 0 Å². The normalized spacial score (nSPS) is 21.8. The number of likely N-dealkylation sites (tertiary alicyclic amines) is 1. The Morgan fingerprint density at radius 3 is 1.93 bits per heavy atom. The number of piperidine rings is 1. The Bertz CT molecular complexity index is 1160. The Hall–Kier alpha value is -2.76. The van der Waals surface area contributed by atoms with Crippen molar-refractivity contribution in [3.05, 3.63) is 70.3 Å². The molecular formula is C28H30F9NO2. The molecule has 40 heavy (non-hydrogen) atoms. The van der Waals surface area contributed by atoms with Gasteiger partial charge in [0.05, 0.1) is 22.6 Å². The standard InChI is InChI=1S/C28H30F9NO2/c1-3-5-21-13-17(22(4-2)25(39)40)14-24(16-6-8-19(9-7-16)26(29,30)31)38(21)15-18-12-20(27(32,33)34)10-11-23(18)28(35,36)37/h6-12,17,21-22,24H,3-5,13-15H2,1-2H3,(H,39,40)/t17-,21-,22?,24-/m0/s1. The molecule has 1 N–H and O–H groups in total. The number of carboxylic acid groups (broad SMARTS) is 1. The summed E-state index contributed by atoms with van der Waals surface area (Å²) in [6.45, 7) is 2.95. The number of halogens is 9. The topological polar surface area (TPSA) is 40.5 Å². The first-order valence-electron chi connectivity index (χ1n) is 12.9. The first-order valence-corrected chi connectivity index (χ1v) is 12.9. The van der Waals surface area contributed by atoms with Crippen molar-refractivity contribution < 1.29 is 49.4 Å². The Labute approximate surface area is 226 Å². The van der Waals surface area contributed by atoms with E-state index in [1.54, 1.807) is 11.8 Å². The smallest absolute Gasteiger partial charge is 0.416 e. The molecule has 0 spiro atoms. The number of hydrogen-bond donors (Lipinski definition) is 1. The summed E-state index contributed by atoms with van der Waals surface area (Å²) in [6.07, 6.45) is -12.9. The minimum atomic E-state index is -4.95. The number of aliphatic carboxylic acids is 1. The molecule has 12 heteroatoms. The van der Waals surface area contributed by atoms with Gasteiger partial charge in [0.1, 0.15) is 0 Å². The molecule has 1 fully saturated rings. The highest BCUT2D eigenvalue weighted by molar-refractivity contribution is 5.70. The third-order valence-electron chi connectivity index (χ3n) is 7.63. The third-order valence-corrected chi connectivity index (χ3v) is 7.63. The highest BCUT2D eigenvalue weighted by Gasteiger charge is 2.43. The van der Waals surface area contributed by atoms with Crippen LogP contribution in [0.2, 0.25) is 0 Å². The van der Waals surface area contributed by atoms with Crippen LogP contribution in [-0.4, -0.2) is 22.0 Å². The zero-order valence-electron chi connectivity index (χ0n) is 21.8. The molecule has 0 amide bonds. The number of rotatable bonds is 8. The van der Waals surface area contributed by atoms with Crippen molar-refractivity contribution in [1.82, 2.24) is 4.90 Å². The van der Waals surface area contributed by atoms with Gasteiger partial charge in [-0.1, -0.05) is 32.4 Å². The molecule has 3 rings (SSSR count). The summed E-state index contributed by atoms with van der Waals surface area (Å²) >= 11 is 0. The minimum absolute atomic E-state index is 0.108. The SMILES string of the molecule is CCC[C@H]1C[C@H](C(CC)C(=O)O)C[C@@H](c2ccc(C(F)(F)F)cc2)N1Cc1cc(C(F)(F)F)ccc1C(F)(F)F. The highest BCUT2D eigenvalue weighted by atomic mass is 19.4. The van der Waals surface area contributed by atoms with Crippen LogP contribution in [0.4, 0.5) is 39.5 Å². The number of carbonyl (C=O) groups is 1. The monoisotopic (exact) mass is 583 g/mol. The van der Waals surface area contributed by atoms with Crippen LogP contribution in [0, 0.1) is 11.8 Å². The van der Waals surface area contributed by atoms with Crippen molar-refractivity contribution in [2.75, 3.05) is 0 Å². The summed E-state index contributed by atoms with van der Waals surface area (Å²) in [5.41, 5.74) is -3.71. The van der Waals surface area contributed by atoms with Gasteiger partial charge in [0, 0.05) is 18.6 Å². The average Bonchev–Trinajstić information content (AvgIpc) is 2.84. The lowest BCUT2D eigenvalue weighted by atomic mass is 9.74. The lowest BCUT2D eigenvalue weighted by Crippen LogP contribution is -2.46. The first-order chi connectivity index (χ1) is 18.5. The number of carboxylic acids is 1. The summed E-state index contributed by atoms with van der Waals surface area (Å²) in [7, 11) is 0. The van der Waals surface area contributed by atoms with Gasteiger partial charge in [-0.25, -0.2) is 0 Å². The maximum absolute atomic E-state index is 13.9. The lowest BCUT2D eigenvalue weighted by Gasteiger charge is -2.47. The molecule has 3 nitrogen and oxygen atoms in total. The summed E-state index contributed by atoms with van der Waals surface area (Å²) < 4.78 is 122. The van der Waals surface area contributed by atoms with Crippen LogP contribution in [0.3, 0.4) is 0 Å². The molecule has 0 aliphatic carbocycles. The zero-order chi connectivity index (χ0) is 30.0. The molecule has 222 valence electrons. The first kappa shape index (κ1) is 31.8. The van der Waals surface area contributed by atoms with Gasteiger partial charge in [-0.15, -0.1) is 0 Å². The molecule has 2 aromatic carbocycles. The summed E-state index contributed by atoms with van der Waals surface area (Å²) in [6, 6.07) is 3.97. The van der Waals surface area contributed by atoms with Crippen molar-refractivity contribution in [2.45, 2.75) is 83.1 Å². The van der Waals surface area contributed by atoms with Crippen LogP contribution in [0.25, 0.3) is 0 Å². The molecule has 0 bridgehead atoms. The molecule has 1 aliphatic heterocycles. The van der Waals surface area contributed by atoms with E-state index >= 15 is 0 Å². The van der Waals surface area contributed by atoms with Gasteiger partial charge < -0.3 is 5.11 Å². The second-order valence-electron chi connectivity index (χ2n) is 10.2. The number of alkyl halides is 9. The van der Waals surface area contributed by atoms with Gasteiger partial charge in [0.15, 0.2) is 0 Å². The van der Waals surface area contributed by atoms with Gasteiger partial charge >= 0.3 is 24.5 Å². The Morgan fingerprint density at radius 1 is 0.875 bits per heavy atom. The molecule has 1 aliphatic rings. The molecule has 4 atom stereocenters. The fourth-order valence-corrected chi connectivity index (χ4v) is 5.75. The fourth-order valence-electron chi connectivity index (χ4n) is 5.75. The molecular weight excluding hydrogens is 553 g/mol. The van der Waals surface area contributed by atoms with Crippen LogP contribution in [0.5, 0.6) is 0 Å². The second-order valence-corrected chi connectivity index (χ2v) is 10.2. The van der Waals surface area contributed by atoms with E-state index in [1.807, 2.05) is 6.92 Å². The predicted octanol–water partition coefficient (Wildman–Crippen LogP) is 8.98. The molecule has 0 aromatic heterocycles. The Morgan fingerprint density at radius 2 is 1.45 bits per heavy atom. The van der Waals surface area contributed by atoms with E-state index in [0.717, 1.165) is 12.1 Å². The van der Waals surface area contributed by atoms with Crippen LogP contribution in [-0.2, 0) is 29.9 Å². The van der Waals surface area contributed by atoms with Crippen molar-refractivity contribution in [1.29, 1.82) is 0 Å². The van der Waals surface area contributed by atoms with Crippen LogP contribution >= 0.6 is 0 Å². The number of nitrogens with zero attached hydrogens (tertiary/aromatic N) is 1. The van der Waals surface area contributed by atoms with Crippen molar-refractivity contribution in [3.8, 4) is 0 Å². The highest BCUT2D eigenvalue weighted by Crippen LogP contribution is 2.45. The predicted molar refractivity (Wildman–Crippen MR) is 129 cm³/mol. The zero-order valence-corrected chi connectivity index (χ0v) is 21.8. The van der Waals surface area contributed by atoms with Crippen molar-refractivity contribution >= 4 is 5.97 Å². The van der Waals surface area contributed by atoms with Crippen LogP contribution in [0.15, 0.2) is 42.5 Å². The van der Waals surface area contributed by atoms with Gasteiger partial charge in [-0.05, 0) is 73.1 Å². The maximum atomic E-state index is 13.9. The van der Waals surface area contributed by atoms with E-state index in [0.29, 0.717) is 36.6 Å². The maximum Gasteiger partial charge on any atom is 0.416 e. The molecule has 1 saturated heterocycles. The largest absolute Gasteiger partial charge is 0.481 e. The van der Waals surface area contributed by atoms with E-state index in [4.69, 9.17) is 0 Å². The fraction of sp³-hybridized carbons (Fsp3) is 0.536. The minimum Gasteiger partial charge on any atom is -0.481 e. The third kappa shape index (κ3) is 7.30. The average molecular weight is 584 g/mol. The lowest BCUT2D eigenvalue weighted by molar-refractivity contribution is -0.146. The van der Waals surface area contributed by atoms with Gasteiger partial charge in [0.25, 0.3) is 0 Å². The Balaban J connectivity index is 2.15. The van der Waals surface area contributed by atoms with E-state index < -0.39 is 77.2 Å². The second kappa shape index (κ2) is 12.0. The van der Waals surface area contributed by atoms with Gasteiger partial charge in [-0.3, -0.25) is 9.69 Å². The molecule has 1 unspecified atom stereocenters. The molecule has 0 saturated carbocycles. The van der Waals surface area contributed by atoms with E-state index in [-0.39, 0.29) is 19.3 Å². The Kier molecular flexibility index (Phi) is 9.53. The quantitative estimate of drug-likeness (QED) is 0.316.